The number of phenols is 2. The van der Waals surface area contributed by atoms with Gasteiger partial charge < -0.3 is 31.9 Å². The lowest BCUT2D eigenvalue weighted by atomic mass is 9.91. The van der Waals surface area contributed by atoms with Crippen molar-refractivity contribution in [2.24, 2.45) is 5.73 Å². The summed E-state index contributed by atoms with van der Waals surface area (Å²) in [4.78, 5) is 30.1. The van der Waals surface area contributed by atoms with Crippen LogP contribution >= 0.6 is 23.4 Å². The molecule has 0 bridgehead atoms. The number of carbonyl (C=O) groups excluding carboxylic acids is 1. The van der Waals surface area contributed by atoms with Gasteiger partial charge in [-0.2, -0.15) is 0 Å². The summed E-state index contributed by atoms with van der Waals surface area (Å²) >= 11 is 8.32. The van der Waals surface area contributed by atoms with E-state index in [1.54, 1.807) is 21.5 Å². The Bertz CT molecular complexity index is 2580. The second kappa shape index (κ2) is 18.5. The SMILES string of the molecule is CCNC(=O)c1nnc(-c2cc(C(C)C)c(O)cc2O)n1-c1ccc(CN2CCN(Cc3cn(-c4cccc(Sc5ncc(N6CCC(C)(N)CC6)nc5N)c4Cl)nn3)CC2)cc1. The Labute approximate surface area is 375 Å². The van der Waals surface area contributed by atoms with E-state index >= 15 is 0 Å². The molecule has 1 amide bonds. The molecule has 0 atom stereocenters. The lowest BCUT2D eigenvalue weighted by Gasteiger charge is -2.37. The van der Waals surface area contributed by atoms with Crippen molar-refractivity contribution in [2.45, 2.75) is 75.0 Å². The van der Waals surface area contributed by atoms with Crippen LogP contribution in [0.15, 0.2) is 76.9 Å². The van der Waals surface area contributed by atoms with Gasteiger partial charge in [0.05, 0.1) is 34.4 Å². The summed E-state index contributed by atoms with van der Waals surface area (Å²) in [7, 11) is 0. The van der Waals surface area contributed by atoms with Crippen LogP contribution in [0.4, 0.5) is 11.6 Å². The molecule has 7 N–H and O–H groups in total. The summed E-state index contributed by atoms with van der Waals surface area (Å²) in [6, 6.07) is 16.7. The molecule has 63 heavy (non-hydrogen) atoms. The number of aromatic nitrogens is 8. The molecule has 2 aliphatic rings. The van der Waals surface area contributed by atoms with Crippen LogP contribution in [0.1, 0.15) is 73.9 Å². The number of rotatable bonds is 13. The molecule has 3 aromatic heterocycles. The fraction of sp³-hybridized carbons (Fsp3) is 0.386. The largest absolute Gasteiger partial charge is 0.508 e. The predicted molar refractivity (Wildman–Crippen MR) is 244 cm³/mol. The number of nitrogens with one attached hydrogen (secondary N) is 1. The van der Waals surface area contributed by atoms with Gasteiger partial charge in [-0.15, -0.1) is 15.3 Å². The molecule has 3 aromatic carbocycles. The summed E-state index contributed by atoms with van der Waals surface area (Å²) in [6.45, 7) is 14.7. The Hall–Kier alpha value is -5.79. The predicted octanol–water partition coefficient (Wildman–Crippen LogP) is 5.61. The van der Waals surface area contributed by atoms with Crippen LogP contribution in [0.2, 0.25) is 5.02 Å². The number of nitrogen functional groups attached to an aromatic ring is 1. The van der Waals surface area contributed by atoms with Crippen LogP contribution in [0.5, 0.6) is 11.5 Å². The molecule has 0 saturated carbocycles. The second-order valence-electron chi connectivity index (χ2n) is 16.7. The number of aromatic hydroxyl groups is 2. The van der Waals surface area contributed by atoms with Crippen molar-refractivity contribution < 1.29 is 15.0 Å². The molecule has 5 heterocycles. The lowest BCUT2D eigenvalue weighted by molar-refractivity contribution is 0.0943. The van der Waals surface area contributed by atoms with Crippen molar-refractivity contribution in [3.8, 4) is 34.3 Å². The van der Waals surface area contributed by atoms with Gasteiger partial charge in [0.1, 0.15) is 22.3 Å². The highest BCUT2D eigenvalue weighted by Gasteiger charge is 2.28. The van der Waals surface area contributed by atoms with E-state index in [9.17, 15) is 15.0 Å². The molecule has 0 unspecified atom stereocenters. The van der Waals surface area contributed by atoms with E-state index in [2.05, 4.69) is 57.4 Å². The Morgan fingerprint density at radius 3 is 2.35 bits per heavy atom. The maximum absolute atomic E-state index is 13.1. The number of amides is 1. The van der Waals surface area contributed by atoms with Gasteiger partial charge in [0.2, 0.25) is 5.82 Å². The van der Waals surface area contributed by atoms with Crippen LogP contribution in [-0.2, 0) is 13.1 Å². The maximum Gasteiger partial charge on any atom is 0.289 e. The monoisotopic (exact) mass is 892 g/mol. The minimum absolute atomic E-state index is 0.00705. The molecule has 17 nitrogen and oxygen atoms in total. The zero-order valence-electron chi connectivity index (χ0n) is 35.9. The number of benzene rings is 3. The normalized spacial score (nSPS) is 15.9. The summed E-state index contributed by atoms with van der Waals surface area (Å²) in [6.07, 6.45) is 5.44. The molecular weight excluding hydrogens is 840 g/mol. The van der Waals surface area contributed by atoms with Gasteiger partial charge in [-0.05, 0) is 74.1 Å². The first-order valence-electron chi connectivity index (χ1n) is 21.1. The number of nitrogens with zero attached hydrogens (tertiary/aromatic N) is 11. The molecule has 0 spiro atoms. The molecule has 2 saturated heterocycles. The number of hydrogen-bond acceptors (Lipinski definition) is 15. The maximum atomic E-state index is 13.1. The zero-order chi connectivity index (χ0) is 44.4. The summed E-state index contributed by atoms with van der Waals surface area (Å²) in [5, 5.41) is 42.7. The van der Waals surface area contributed by atoms with Crippen molar-refractivity contribution in [2.75, 3.05) is 56.4 Å². The summed E-state index contributed by atoms with van der Waals surface area (Å²) < 4.78 is 3.35. The van der Waals surface area contributed by atoms with E-state index in [1.807, 2.05) is 69.4 Å². The first kappa shape index (κ1) is 43.8. The minimum Gasteiger partial charge on any atom is -0.508 e. The molecule has 19 heteroatoms. The smallest absolute Gasteiger partial charge is 0.289 e. The Morgan fingerprint density at radius 1 is 0.952 bits per heavy atom. The third-order valence-corrected chi connectivity index (χ3v) is 13.2. The molecule has 2 fully saturated rings. The van der Waals surface area contributed by atoms with E-state index in [0.717, 1.165) is 80.6 Å². The molecule has 0 radical (unpaired) electrons. The van der Waals surface area contributed by atoms with E-state index < -0.39 is 0 Å². The first-order chi connectivity index (χ1) is 30.3. The van der Waals surface area contributed by atoms with Crippen LogP contribution in [0.3, 0.4) is 0 Å². The fourth-order valence-electron chi connectivity index (χ4n) is 7.88. The van der Waals surface area contributed by atoms with Crippen molar-refractivity contribution in [3.05, 3.63) is 94.7 Å². The Kier molecular flexibility index (Phi) is 12.9. The Balaban J connectivity index is 0.881. The highest BCUT2D eigenvalue weighted by molar-refractivity contribution is 7.99. The van der Waals surface area contributed by atoms with Crippen molar-refractivity contribution >= 4 is 40.9 Å². The topological polar surface area (TPSA) is 219 Å². The molecule has 330 valence electrons. The lowest BCUT2D eigenvalue weighted by Crippen LogP contribution is -2.48. The average molecular weight is 894 g/mol. The summed E-state index contributed by atoms with van der Waals surface area (Å²) in [5.41, 5.74) is 16.9. The van der Waals surface area contributed by atoms with Crippen LogP contribution < -0.4 is 21.7 Å². The van der Waals surface area contributed by atoms with Gasteiger partial charge in [0.25, 0.3) is 5.91 Å². The van der Waals surface area contributed by atoms with Crippen LogP contribution in [0, 0.1) is 0 Å². The van der Waals surface area contributed by atoms with Gasteiger partial charge in [0.15, 0.2) is 11.6 Å². The number of hydrogen-bond donors (Lipinski definition) is 5. The number of piperidine rings is 1. The zero-order valence-corrected chi connectivity index (χ0v) is 37.4. The molecule has 6 aromatic rings. The highest BCUT2D eigenvalue weighted by atomic mass is 35.5. The number of halogens is 1. The van der Waals surface area contributed by atoms with Crippen molar-refractivity contribution in [1.82, 2.24) is 54.8 Å². The van der Waals surface area contributed by atoms with Gasteiger partial charge in [-0.25, -0.2) is 14.6 Å². The molecule has 2 aliphatic heterocycles. The Morgan fingerprint density at radius 2 is 1.67 bits per heavy atom. The quantitative estimate of drug-likeness (QED) is 0.0952. The van der Waals surface area contributed by atoms with Crippen molar-refractivity contribution in [1.29, 1.82) is 0 Å². The number of carbonyl (C=O) groups is 1. The fourth-order valence-corrected chi connectivity index (χ4v) is 9.01. The van der Waals surface area contributed by atoms with Crippen LogP contribution in [-0.4, -0.2) is 117 Å². The average Bonchev–Trinajstić information content (AvgIpc) is 3.91. The standard InChI is InChI=1S/C44H53ClN14O3S/c1-5-48-42(62)41-53-52-40(32-21-31(27(2)3)34(60)22-35(32)61)59(41)30-11-9-28(10-12-30)24-55-17-19-56(20-18-55)25-29-26-58(54-51-29)33-7-6-8-36(38(33)45)63-43-39(46)50-37(23-49-43)57-15-13-44(4,47)14-16-57/h6-12,21-23,26-27,60-61H,5,13-20,24-25,47H2,1-4H3,(H2,46,50)(H,48,62). The van der Waals surface area contributed by atoms with Gasteiger partial charge in [-0.3, -0.25) is 19.2 Å². The van der Waals surface area contributed by atoms with E-state index in [4.69, 9.17) is 23.1 Å². The van der Waals surface area contributed by atoms with E-state index in [1.165, 1.54) is 17.8 Å². The first-order valence-corrected chi connectivity index (χ1v) is 22.3. The molecule has 8 rings (SSSR count). The number of phenolic OH excluding ortho intramolecular Hbond substituents is 2. The number of piperazine rings is 1. The van der Waals surface area contributed by atoms with E-state index in [0.29, 0.717) is 57.3 Å². The minimum atomic E-state index is -0.385. The van der Waals surface area contributed by atoms with Gasteiger partial charge in [0, 0.05) is 81.1 Å². The highest BCUT2D eigenvalue weighted by Crippen LogP contribution is 2.40. The van der Waals surface area contributed by atoms with Crippen LogP contribution in [0.25, 0.3) is 22.8 Å². The van der Waals surface area contributed by atoms with Gasteiger partial charge >= 0.3 is 0 Å². The second-order valence-corrected chi connectivity index (χ2v) is 18.2. The van der Waals surface area contributed by atoms with Crippen molar-refractivity contribution in [3.63, 3.8) is 0 Å². The molecular formula is C44H53ClN14O3S. The number of nitrogens with two attached hydrogens (primary N) is 2. The third kappa shape index (κ3) is 9.74. The number of anilines is 2. The summed E-state index contributed by atoms with van der Waals surface area (Å²) in [5.74, 6) is 0.922. The van der Waals surface area contributed by atoms with E-state index in [-0.39, 0.29) is 34.7 Å². The third-order valence-electron chi connectivity index (χ3n) is 11.6. The van der Waals surface area contributed by atoms with Gasteiger partial charge in [-0.1, -0.05) is 60.6 Å². The molecule has 0 aliphatic carbocycles.